The average molecular weight is 295 g/mol. The summed E-state index contributed by atoms with van der Waals surface area (Å²) in [5.74, 6) is 0.554. The van der Waals surface area contributed by atoms with Crippen molar-refractivity contribution in [3.63, 3.8) is 0 Å². The summed E-state index contributed by atoms with van der Waals surface area (Å²) in [6.45, 7) is 2.48. The van der Waals surface area contributed by atoms with Crippen LogP contribution in [0.3, 0.4) is 0 Å². The van der Waals surface area contributed by atoms with Crippen LogP contribution in [0.2, 0.25) is 0 Å². The lowest BCUT2D eigenvalue weighted by Crippen LogP contribution is -2.02. The number of nitrogens with zero attached hydrogens (tertiary/aromatic N) is 1. The van der Waals surface area contributed by atoms with Crippen LogP contribution in [-0.2, 0) is 6.54 Å². The van der Waals surface area contributed by atoms with Gasteiger partial charge in [0.25, 0.3) is 0 Å². The van der Waals surface area contributed by atoms with Gasteiger partial charge in [-0.25, -0.2) is 9.37 Å². The Kier molecular flexibility index (Phi) is 3.74. The number of aromatic nitrogens is 1. The molecule has 0 spiro atoms. The summed E-state index contributed by atoms with van der Waals surface area (Å²) in [5, 5.41) is 3.16. The summed E-state index contributed by atoms with van der Waals surface area (Å²) in [6.07, 6.45) is 0. The van der Waals surface area contributed by atoms with Gasteiger partial charge in [0.2, 0.25) is 0 Å². The molecule has 2 rings (SSSR count). The fraction of sp³-hybridized carbons (Fsp3) is 0.154. The van der Waals surface area contributed by atoms with Crippen LogP contribution in [-0.4, -0.2) is 4.98 Å². The van der Waals surface area contributed by atoms with E-state index in [-0.39, 0.29) is 5.82 Å². The maximum Gasteiger partial charge on any atom is 0.126 e. The highest BCUT2D eigenvalue weighted by atomic mass is 79.9. The lowest BCUT2D eigenvalue weighted by atomic mass is 10.2. The minimum absolute atomic E-state index is 0.242. The van der Waals surface area contributed by atoms with Gasteiger partial charge in [-0.1, -0.05) is 22.0 Å². The molecule has 0 aliphatic heterocycles. The Bertz CT molecular complexity index is 508. The molecule has 0 aliphatic carbocycles. The van der Waals surface area contributed by atoms with Gasteiger partial charge in [0.1, 0.15) is 11.6 Å². The van der Waals surface area contributed by atoms with E-state index < -0.39 is 0 Å². The van der Waals surface area contributed by atoms with E-state index in [0.29, 0.717) is 6.54 Å². The molecule has 0 atom stereocenters. The summed E-state index contributed by atoms with van der Waals surface area (Å²) in [6, 6.07) is 10.6. The van der Waals surface area contributed by atoms with Crippen molar-refractivity contribution in [3.05, 3.63) is 57.9 Å². The van der Waals surface area contributed by atoms with Crippen LogP contribution in [0.1, 0.15) is 11.3 Å². The van der Waals surface area contributed by atoms with Crippen LogP contribution < -0.4 is 5.32 Å². The lowest BCUT2D eigenvalue weighted by molar-refractivity contribution is 0.625. The van der Waals surface area contributed by atoms with Crippen molar-refractivity contribution in [3.8, 4) is 0 Å². The number of hydrogen-bond acceptors (Lipinski definition) is 2. The van der Waals surface area contributed by atoms with E-state index >= 15 is 0 Å². The minimum Gasteiger partial charge on any atom is -0.366 e. The molecule has 2 nitrogen and oxygen atoms in total. The fourth-order valence-electron chi connectivity index (χ4n) is 1.55. The van der Waals surface area contributed by atoms with Crippen LogP contribution in [0.15, 0.2) is 40.9 Å². The van der Waals surface area contributed by atoms with Crippen molar-refractivity contribution in [1.82, 2.24) is 4.98 Å². The predicted molar refractivity (Wildman–Crippen MR) is 70.4 cm³/mol. The van der Waals surface area contributed by atoms with Gasteiger partial charge in [-0.3, -0.25) is 0 Å². The molecule has 0 unspecified atom stereocenters. The number of halogens is 2. The van der Waals surface area contributed by atoms with Crippen LogP contribution in [0.25, 0.3) is 0 Å². The predicted octanol–water partition coefficient (Wildman–Crippen LogP) is 3.90. The number of nitrogens with one attached hydrogen (secondary N) is 1. The highest BCUT2D eigenvalue weighted by Gasteiger charge is 2.00. The Morgan fingerprint density at radius 1 is 1.29 bits per heavy atom. The highest BCUT2D eigenvalue weighted by Crippen LogP contribution is 2.16. The highest BCUT2D eigenvalue weighted by molar-refractivity contribution is 9.10. The van der Waals surface area contributed by atoms with Gasteiger partial charge in [0, 0.05) is 16.7 Å². The summed E-state index contributed by atoms with van der Waals surface area (Å²) in [7, 11) is 0. The van der Waals surface area contributed by atoms with E-state index in [1.165, 1.54) is 12.1 Å². The van der Waals surface area contributed by atoms with E-state index in [1.807, 2.05) is 31.2 Å². The number of benzene rings is 1. The second kappa shape index (κ2) is 5.27. The molecule has 0 bridgehead atoms. The smallest absolute Gasteiger partial charge is 0.126 e. The van der Waals surface area contributed by atoms with Crippen molar-refractivity contribution < 1.29 is 4.39 Å². The molecule has 0 aliphatic rings. The number of rotatable bonds is 3. The first-order valence-electron chi connectivity index (χ1n) is 5.26. The molecule has 0 fully saturated rings. The van der Waals surface area contributed by atoms with Crippen LogP contribution in [0.4, 0.5) is 10.2 Å². The van der Waals surface area contributed by atoms with Gasteiger partial charge in [0.05, 0.1) is 0 Å². The molecular formula is C13H12BrFN2. The molecule has 1 aromatic carbocycles. The maximum atomic E-state index is 13.1. The Morgan fingerprint density at radius 3 is 2.82 bits per heavy atom. The normalized spacial score (nSPS) is 10.3. The molecular weight excluding hydrogens is 283 g/mol. The van der Waals surface area contributed by atoms with Crippen molar-refractivity contribution in [1.29, 1.82) is 0 Å². The topological polar surface area (TPSA) is 24.9 Å². The van der Waals surface area contributed by atoms with E-state index in [2.05, 4.69) is 26.2 Å². The molecule has 4 heteroatoms. The third-order valence-corrected chi connectivity index (χ3v) is 2.74. The molecule has 1 N–H and O–H groups in total. The largest absolute Gasteiger partial charge is 0.366 e. The van der Waals surface area contributed by atoms with Gasteiger partial charge in [-0.15, -0.1) is 0 Å². The van der Waals surface area contributed by atoms with Crippen molar-refractivity contribution in [2.45, 2.75) is 13.5 Å². The number of hydrogen-bond donors (Lipinski definition) is 1. The first kappa shape index (κ1) is 12.0. The minimum atomic E-state index is -0.242. The molecule has 88 valence electrons. The fourth-order valence-corrected chi connectivity index (χ4v) is 2.06. The third kappa shape index (κ3) is 3.53. The number of anilines is 1. The van der Waals surface area contributed by atoms with Crippen molar-refractivity contribution >= 4 is 21.7 Å². The molecule has 0 saturated carbocycles. The first-order chi connectivity index (χ1) is 8.13. The number of pyridine rings is 1. The van der Waals surface area contributed by atoms with Gasteiger partial charge in [0.15, 0.2) is 0 Å². The Hall–Kier alpha value is -1.42. The zero-order chi connectivity index (χ0) is 12.3. The van der Waals surface area contributed by atoms with Gasteiger partial charge in [-0.05, 0) is 42.8 Å². The number of aryl methyl sites for hydroxylation is 1. The van der Waals surface area contributed by atoms with E-state index in [4.69, 9.17) is 0 Å². The molecule has 17 heavy (non-hydrogen) atoms. The van der Waals surface area contributed by atoms with Crippen molar-refractivity contribution in [2.24, 2.45) is 0 Å². The van der Waals surface area contributed by atoms with Gasteiger partial charge < -0.3 is 5.32 Å². The monoisotopic (exact) mass is 294 g/mol. The second-order valence-corrected chi connectivity index (χ2v) is 4.71. The molecule has 1 aromatic heterocycles. The zero-order valence-electron chi connectivity index (χ0n) is 9.37. The SMILES string of the molecule is Cc1cccc(NCc2cc(F)cc(Br)c2)n1. The quantitative estimate of drug-likeness (QED) is 0.928. The van der Waals surface area contributed by atoms with Crippen LogP contribution in [0.5, 0.6) is 0 Å². The molecule has 0 saturated heterocycles. The Balaban J connectivity index is 2.07. The molecule has 1 heterocycles. The average Bonchev–Trinajstić information content (AvgIpc) is 2.25. The molecule has 0 radical (unpaired) electrons. The molecule has 0 amide bonds. The molecule has 2 aromatic rings. The zero-order valence-corrected chi connectivity index (χ0v) is 11.0. The standard InChI is InChI=1S/C13H12BrFN2/c1-9-3-2-4-13(17-9)16-8-10-5-11(14)7-12(15)6-10/h2-7H,8H2,1H3,(H,16,17). The summed E-state index contributed by atoms with van der Waals surface area (Å²) < 4.78 is 13.9. The van der Waals surface area contributed by atoms with Gasteiger partial charge in [-0.2, -0.15) is 0 Å². The van der Waals surface area contributed by atoms with Crippen LogP contribution in [0, 0.1) is 12.7 Å². The Labute approximate surface area is 108 Å². The lowest BCUT2D eigenvalue weighted by Gasteiger charge is -2.07. The van der Waals surface area contributed by atoms with Crippen LogP contribution >= 0.6 is 15.9 Å². The summed E-state index contributed by atoms with van der Waals surface area (Å²) in [4.78, 5) is 4.32. The maximum absolute atomic E-state index is 13.1. The summed E-state index contributed by atoms with van der Waals surface area (Å²) >= 11 is 3.27. The van der Waals surface area contributed by atoms with Crippen molar-refractivity contribution in [2.75, 3.05) is 5.32 Å². The second-order valence-electron chi connectivity index (χ2n) is 3.80. The first-order valence-corrected chi connectivity index (χ1v) is 6.05. The third-order valence-electron chi connectivity index (χ3n) is 2.28. The summed E-state index contributed by atoms with van der Waals surface area (Å²) in [5.41, 5.74) is 1.83. The van der Waals surface area contributed by atoms with Gasteiger partial charge >= 0.3 is 0 Å². The Morgan fingerprint density at radius 2 is 2.12 bits per heavy atom. The van der Waals surface area contributed by atoms with E-state index in [9.17, 15) is 4.39 Å². The van der Waals surface area contributed by atoms with E-state index in [0.717, 1.165) is 21.5 Å². The van der Waals surface area contributed by atoms with E-state index in [1.54, 1.807) is 0 Å².